The van der Waals surface area contributed by atoms with Crippen molar-refractivity contribution in [3.8, 4) is 17.6 Å². The van der Waals surface area contributed by atoms with Crippen LogP contribution in [0.5, 0.6) is 5.75 Å². The summed E-state index contributed by atoms with van der Waals surface area (Å²) in [5, 5.41) is 10.1. The predicted octanol–water partition coefficient (Wildman–Crippen LogP) is 3.54. The molecule has 0 bridgehead atoms. The smallest absolute Gasteiger partial charge is 0.167 e. The van der Waals surface area contributed by atoms with Crippen molar-refractivity contribution in [2.75, 3.05) is 0 Å². The molecule has 2 aromatic heterocycles. The Morgan fingerprint density at radius 2 is 1.91 bits per heavy atom. The summed E-state index contributed by atoms with van der Waals surface area (Å²) in [6.45, 7) is 2.00. The summed E-state index contributed by atoms with van der Waals surface area (Å²) in [6.07, 6.45) is 2.59. The number of rotatable bonds is 2. The molecule has 0 saturated heterocycles. The SMILES string of the molecule is Cc1nc(C#Cc2ccc(O)cc2)sc1Cc1ccccn1. The highest BCUT2D eigenvalue weighted by Crippen LogP contribution is 2.20. The number of thiazole rings is 1. The lowest BCUT2D eigenvalue weighted by molar-refractivity contribution is 0.475. The van der Waals surface area contributed by atoms with Gasteiger partial charge in [-0.3, -0.25) is 4.98 Å². The molecule has 0 fully saturated rings. The summed E-state index contributed by atoms with van der Waals surface area (Å²) in [5.74, 6) is 6.39. The summed E-state index contributed by atoms with van der Waals surface area (Å²) >= 11 is 1.60. The van der Waals surface area contributed by atoms with Crippen LogP contribution in [-0.2, 0) is 6.42 Å². The fraction of sp³-hybridized carbons (Fsp3) is 0.111. The highest BCUT2D eigenvalue weighted by molar-refractivity contribution is 7.12. The molecule has 3 nitrogen and oxygen atoms in total. The number of benzene rings is 1. The van der Waals surface area contributed by atoms with Crippen molar-refractivity contribution in [3.05, 3.63) is 75.5 Å². The van der Waals surface area contributed by atoms with E-state index in [4.69, 9.17) is 0 Å². The highest BCUT2D eigenvalue weighted by atomic mass is 32.1. The van der Waals surface area contributed by atoms with Gasteiger partial charge in [-0.15, -0.1) is 11.3 Å². The first-order chi connectivity index (χ1) is 10.7. The van der Waals surface area contributed by atoms with E-state index < -0.39 is 0 Å². The van der Waals surface area contributed by atoms with Crippen LogP contribution in [-0.4, -0.2) is 15.1 Å². The molecule has 0 amide bonds. The predicted molar refractivity (Wildman–Crippen MR) is 88.0 cm³/mol. The lowest BCUT2D eigenvalue weighted by Crippen LogP contribution is -1.90. The standard InChI is InChI=1S/C18H14N2OS/c1-13-17(12-15-4-2-3-11-19-15)22-18(20-13)10-7-14-5-8-16(21)9-6-14/h2-6,8-9,11,21H,12H2,1H3. The van der Waals surface area contributed by atoms with Crippen molar-refractivity contribution in [2.45, 2.75) is 13.3 Å². The molecule has 3 rings (SSSR count). The Morgan fingerprint density at radius 3 is 2.64 bits per heavy atom. The first kappa shape index (κ1) is 14.3. The largest absolute Gasteiger partial charge is 0.508 e. The molecule has 4 heteroatoms. The van der Waals surface area contributed by atoms with Gasteiger partial charge in [0.2, 0.25) is 0 Å². The molecule has 0 aliphatic carbocycles. The fourth-order valence-electron chi connectivity index (χ4n) is 1.98. The van der Waals surface area contributed by atoms with Crippen molar-refractivity contribution in [1.29, 1.82) is 0 Å². The Morgan fingerprint density at radius 1 is 1.09 bits per heavy atom. The first-order valence-electron chi connectivity index (χ1n) is 6.88. The number of aromatic nitrogens is 2. The van der Waals surface area contributed by atoms with Gasteiger partial charge >= 0.3 is 0 Å². The molecule has 3 aromatic rings. The maximum atomic E-state index is 9.26. The molecule has 0 aliphatic rings. The monoisotopic (exact) mass is 306 g/mol. The van der Waals surface area contributed by atoms with Crippen molar-refractivity contribution in [2.24, 2.45) is 0 Å². The molecule has 0 spiro atoms. The Balaban J connectivity index is 1.79. The number of phenolic OH excluding ortho intramolecular Hbond substituents is 1. The maximum Gasteiger partial charge on any atom is 0.167 e. The number of pyridine rings is 1. The van der Waals surface area contributed by atoms with Gasteiger partial charge in [-0.25, -0.2) is 4.98 Å². The molecule has 0 aliphatic heterocycles. The Labute approximate surface area is 133 Å². The molecular weight excluding hydrogens is 292 g/mol. The second-order valence-electron chi connectivity index (χ2n) is 4.82. The second kappa shape index (κ2) is 6.42. The van der Waals surface area contributed by atoms with E-state index in [-0.39, 0.29) is 5.75 Å². The number of phenols is 1. The van der Waals surface area contributed by atoms with Crippen LogP contribution in [0.2, 0.25) is 0 Å². The van der Waals surface area contributed by atoms with E-state index in [0.717, 1.165) is 28.4 Å². The lowest BCUT2D eigenvalue weighted by atomic mass is 10.2. The van der Waals surface area contributed by atoms with Gasteiger partial charge in [0.25, 0.3) is 0 Å². The summed E-state index contributed by atoms with van der Waals surface area (Å²) in [5.41, 5.74) is 2.90. The average molecular weight is 306 g/mol. The summed E-state index contributed by atoms with van der Waals surface area (Å²) in [4.78, 5) is 10.0. The van der Waals surface area contributed by atoms with Gasteiger partial charge in [0.15, 0.2) is 5.01 Å². The maximum absolute atomic E-state index is 9.26. The third-order valence-electron chi connectivity index (χ3n) is 3.14. The van der Waals surface area contributed by atoms with E-state index in [1.807, 2.05) is 25.1 Å². The second-order valence-corrected chi connectivity index (χ2v) is 5.91. The molecular formula is C18H14N2OS. The quantitative estimate of drug-likeness (QED) is 0.737. The van der Waals surface area contributed by atoms with Gasteiger partial charge in [-0.1, -0.05) is 12.0 Å². The fourth-order valence-corrected chi connectivity index (χ4v) is 2.91. The summed E-state index contributed by atoms with van der Waals surface area (Å²) in [6, 6.07) is 12.8. The van der Waals surface area contributed by atoms with E-state index >= 15 is 0 Å². The van der Waals surface area contributed by atoms with Crippen molar-refractivity contribution in [3.63, 3.8) is 0 Å². The normalized spacial score (nSPS) is 10.0. The van der Waals surface area contributed by atoms with Gasteiger partial charge in [0.1, 0.15) is 5.75 Å². The zero-order valence-corrected chi connectivity index (χ0v) is 12.9. The molecule has 0 saturated carbocycles. The summed E-state index contributed by atoms with van der Waals surface area (Å²) in [7, 11) is 0. The van der Waals surface area contributed by atoms with E-state index in [1.54, 1.807) is 41.8 Å². The molecule has 1 N–H and O–H groups in total. The average Bonchev–Trinajstić information content (AvgIpc) is 2.88. The van der Waals surface area contributed by atoms with Crippen LogP contribution in [0.3, 0.4) is 0 Å². The zero-order valence-electron chi connectivity index (χ0n) is 12.1. The molecule has 1 aromatic carbocycles. The Kier molecular flexibility index (Phi) is 4.17. The number of aromatic hydroxyl groups is 1. The topological polar surface area (TPSA) is 46.0 Å². The minimum absolute atomic E-state index is 0.244. The van der Waals surface area contributed by atoms with Crippen LogP contribution in [0.25, 0.3) is 0 Å². The molecule has 0 unspecified atom stereocenters. The number of hydrogen-bond donors (Lipinski definition) is 1. The van der Waals surface area contributed by atoms with Crippen LogP contribution >= 0.6 is 11.3 Å². The van der Waals surface area contributed by atoms with Gasteiger partial charge in [-0.2, -0.15) is 0 Å². The van der Waals surface area contributed by atoms with Crippen molar-refractivity contribution in [1.82, 2.24) is 9.97 Å². The molecule has 0 radical (unpaired) electrons. The summed E-state index contributed by atoms with van der Waals surface area (Å²) < 4.78 is 0. The number of nitrogens with zero attached hydrogens (tertiary/aromatic N) is 2. The Hall–Kier alpha value is -2.64. The van der Waals surface area contributed by atoms with Crippen LogP contribution in [0.1, 0.15) is 26.8 Å². The van der Waals surface area contributed by atoms with E-state index in [0.29, 0.717) is 0 Å². The first-order valence-corrected chi connectivity index (χ1v) is 7.69. The molecule has 0 atom stereocenters. The van der Waals surface area contributed by atoms with Gasteiger partial charge in [0.05, 0.1) is 5.69 Å². The minimum Gasteiger partial charge on any atom is -0.508 e. The van der Waals surface area contributed by atoms with E-state index in [9.17, 15) is 5.11 Å². The van der Waals surface area contributed by atoms with Crippen LogP contribution in [0, 0.1) is 18.8 Å². The van der Waals surface area contributed by atoms with E-state index in [2.05, 4.69) is 21.8 Å². The van der Waals surface area contributed by atoms with E-state index in [1.165, 1.54) is 4.88 Å². The third-order valence-corrected chi connectivity index (χ3v) is 4.21. The minimum atomic E-state index is 0.244. The Bertz CT molecular complexity index is 827. The van der Waals surface area contributed by atoms with Crippen LogP contribution < -0.4 is 0 Å². The molecule has 2 heterocycles. The number of aryl methyl sites for hydroxylation is 1. The van der Waals surface area contributed by atoms with Gasteiger partial charge < -0.3 is 5.11 Å². The van der Waals surface area contributed by atoms with Gasteiger partial charge in [-0.05, 0) is 49.2 Å². The van der Waals surface area contributed by atoms with Crippen LogP contribution in [0.4, 0.5) is 0 Å². The lowest BCUT2D eigenvalue weighted by Gasteiger charge is -1.97. The molecule has 22 heavy (non-hydrogen) atoms. The highest BCUT2D eigenvalue weighted by Gasteiger charge is 2.07. The van der Waals surface area contributed by atoms with Crippen molar-refractivity contribution >= 4 is 11.3 Å². The third kappa shape index (κ3) is 3.51. The molecule has 108 valence electrons. The van der Waals surface area contributed by atoms with Gasteiger partial charge in [0, 0.05) is 28.8 Å². The van der Waals surface area contributed by atoms with Crippen LogP contribution in [0.15, 0.2) is 48.7 Å². The zero-order chi connectivity index (χ0) is 15.4. The van der Waals surface area contributed by atoms with Crippen molar-refractivity contribution < 1.29 is 5.11 Å². The number of hydrogen-bond acceptors (Lipinski definition) is 4.